The summed E-state index contributed by atoms with van der Waals surface area (Å²) in [5, 5.41) is 18.3. The molecular formula is C15H29BN2O3. The van der Waals surface area contributed by atoms with Gasteiger partial charge >= 0.3 is 5.97 Å². The minimum atomic E-state index is -1.13. The van der Waals surface area contributed by atoms with Gasteiger partial charge in [-0.15, -0.1) is 0 Å². The number of piperidine rings is 1. The highest BCUT2D eigenvalue weighted by molar-refractivity contribution is 6.08. The predicted octanol–water partition coefficient (Wildman–Crippen LogP) is 1.01. The standard InChI is InChI=1S/C15H29BN2O3/c16-8-2-1-6-15(17,14(20)21)7-11-18-9-3-13(4-10-18)5-12-19/h13,19H,1-12,17H2,(H,20,21)/t15-/m1/s1. The van der Waals surface area contributed by atoms with E-state index < -0.39 is 11.5 Å². The Hall–Kier alpha value is -0.585. The van der Waals surface area contributed by atoms with E-state index in [0.29, 0.717) is 25.1 Å². The average Bonchev–Trinajstić information content (AvgIpc) is 2.47. The summed E-state index contributed by atoms with van der Waals surface area (Å²) >= 11 is 0. The molecule has 1 heterocycles. The molecule has 5 nitrogen and oxygen atoms in total. The number of hydrogen-bond acceptors (Lipinski definition) is 4. The van der Waals surface area contributed by atoms with Gasteiger partial charge in [0.25, 0.3) is 0 Å². The van der Waals surface area contributed by atoms with Crippen LogP contribution < -0.4 is 5.73 Å². The fourth-order valence-electron chi connectivity index (χ4n) is 2.96. The van der Waals surface area contributed by atoms with E-state index in [2.05, 4.69) is 4.90 Å². The summed E-state index contributed by atoms with van der Waals surface area (Å²) in [5.41, 5.74) is 4.95. The van der Waals surface area contributed by atoms with Crippen molar-refractivity contribution in [3.8, 4) is 0 Å². The third-order valence-electron chi connectivity index (χ3n) is 4.62. The molecule has 21 heavy (non-hydrogen) atoms. The van der Waals surface area contributed by atoms with Crippen molar-refractivity contribution in [3.05, 3.63) is 0 Å². The summed E-state index contributed by atoms with van der Waals surface area (Å²) in [6.45, 7) is 2.94. The molecule has 0 bridgehead atoms. The maximum absolute atomic E-state index is 11.4. The molecule has 1 fully saturated rings. The van der Waals surface area contributed by atoms with Gasteiger partial charge < -0.3 is 20.8 Å². The van der Waals surface area contributed by atoms with Crippen molar-refractivity contribution in [3.63, 3.8) is 0 Å². The molecule has 1 aliphatic rings. The number of aliphatic carboxylic acids is 1. The number of carboxylic acids is 1. The van der Waals surface area contributed by atoms with Crippen molar-refractivity contribution in [2.75, 3.05) is 26.2 Å². The van der Waals surface area contributed by atoms with Crippen LogP contribution in [0.1, 0.15) is 44.9 Å². The maximum atomic E-state index is 11.4. The number of likely N-dealkylation sites (tertiary alicyclic amines) is 1. The Kier molecular flexibility index (Phi) is 8.30. The van der Waals surface area contributed by atoms with Crippen LogP contribution in [0.5, 0.6) is 0 Å². The van der Waals surface area contributed by atoms with Gasteiger partial charge in [0.05, 0.1) is 7.85 Å². The first-order valence-corrected chi connectivity index (χ1v) is 8.07. The first-order valence-electron chi connectivity index (χ1n) is 8.07. The SMILES string of the molecule is [B]CCCC[C@@](N)(CCN1CCC(CCO)CC1)C(=O)O. The third kappa shape index (κ3) is 6.37. The van der Waals surface area contributed by atoms with Gasteiger partial charge in [0.15, 0.2) is 0 Å². The second kappa shape index (κ2) is 9.44. The van der Waals surface area contributed by atoms with E-state index in [4.69, 9.17) is 18.7 Å². The number of rotatable bonds is 10. The molecule has 1 rings (SSSR count). The predicted molar refractivity (Wildman–Crippen MR) is 84.5 cm³/mol. The highest BCUT2D eigenvalue weighted by Gasteiger charge is 2.33. The Morgan fingerprint density at radius 2 is 1.95 bits per heavy atom. The van der Waals surface area contributed by atoms with Crippen LogP contribution in [0.15, 0.2) is 0 Å². The monoisotopic (exact) mass is 296 g/mol. The summed E-state index contributed by atoms with van der Waals surface area (Å²) in [5.74, 6) is -0.299. The molecule has 0 aromatic heterocycles. The third-order valence-corrected chi connectivity index (χ3v) is 4.62. The van der Waals surface area contributed by atoms with Gasteiger partial charge in [0.2, 0.25) is 0 Å². The normalized spacial score (nSPS) is 20.3. The Morgan fingerprint density at radius 3 is 2.48 bits per heavy atom. The molecule has 0 unspecified atom stereocenters. The minimum absolute atomic E-state index is 0.261. The first kappa shape index (κ1) is 18.5. The molecule has 6 heteroatoms. The first-order chi connectivity index (χ1) is 10.0. The van der Waals surface area contributed by atoms with Crippen molar-refractivity contribution in [1.82, 2.24) is 4.90 Å². The van der Waals surface area contributed by atoms with Crippen LogP contribution in [-0.4, -0.2) is 60.7 Å². The Labute approximate surface area is 129 Å². The van der Waals surface area contributed by atoms with E-state index >= 15 is 0 Å². The zero-order valence-corrected chi connectivity index (χ0v) is 13.0. The smallest absolute Gasteiger partial charge is 0.323 e. The summed E-state index contributed by atoms with van der Waals surface area (Å²) in [6.07, 6.45) is 6.17. The van der Waals surface area contributed by atoms with Gasteiger partial charge in [-0.1, -0.05) is 19.2 Å². The molecule has 120 valence electrons. The number of aliphatic hydroxyl groups excluding tert-OH is 1. The lowest BCUT2D eigenvalue weighted by Crippen LogP contribution is -2.50. The van der Waals surface area contributed by atoms with E-state index in [1.54, 1.807) is 0 Å². The molecule has 1 atom stereocenters. The van der Waals surface area contributed by atoms with E-state index in [1.165, 1.54) is 0 Å². The minimum Gasteiger partial charge on any atom is -0.480 e. The molecule has 4 N–H and O–H groups in total. The lowest BCUT2D eigenvalue weighted by atomic mass is 9.87. The Morgan fingerprint density at radius 1 is 1.29 bits per heavy atom. The number of aliphatic hydroxyl groups is 1. The van der Waals surface area contributed by atoms with Crippen molar-refractivity contribution >= 4 is 13.8 Å². The summed E-state index contributed by atoms with van der Waals surface area (Å²) in [6, 6.07) is 0. The van der Waals surface area contributed by atoms with Crippen LogP contribution in [0.4, 0.5) is 0 Å². The number of nitrogens with zero attached hydrogens (tertiary/aromatic N) is 1. The topological polar surface area (TPSA) is 86.8 Å². The molecular weight excluding hydrogens is 267 g/mol. The zero-order chi connectivity index (χ0) is 15.7. The molecule has 1 saturated heterocycles. The molecule has 0 aromatic rings. The van der Waals surface area contributed by atoms with Crippen LogP contribution >= 0.6 is 0 Å². The van der Waals surface area contributed by atoms with E-state index in [0.717, 1.165) is 51.7 Å². The van der Waals surface area contributed by atoms with Crippen molar-refractivity contribution in [2.45, 2.75) is 56.8 Å². The highest BCUT2D eigenvalue weighted by Crippen LogP contribution is 2.22. The van der Waals surface area contributed by atoms with Crippen molar-refractivity contribution in [2.24, 2.45) is 11.7 Å². The molecule has 0 spiro atoms. The number of carboxylic acid groups (broad SMARTS) is 1. The molecule has 0 saturated carbocycles. The molecule has 0 amide bonds. The fourth-order valence-corrected chi connectivity index (χ4v) is 2.96. The molecule has 0 aromatic carbocycles. The Balaban J connectivity index is 2.35. The fraction of sp³-hybridized carbons (Fsp3) is 0.933. The van der Waals surface area contributed by atoms with E-state index in [-0.39, 0.29) is 6.61 Å². The molecule has 1 aliphatic heterocycles. The summed E-state index contributed by atoms with van der Waals surface area (Å²) in [7, 11) is 5.45. The molecule has 0 aliphatic carbocycles. The summed E-state index contributed by atoms with van der Waals surface area (Å²) < 4.78 is 0. The second-order valence-corrected chi connectivity index (χ2v) is 6.25. The number of carbonyl (C=O) groups is 1. The quantitative estimate of drug-likeness (QED) is 0.414. The van der Waals surface area contributed by atoms with Gasteiger partial charge in [0.1, 0.15) is 5.54 Å². The zero-order valence-electron chi connectivity index (χ0n) is 13.0. The van der Waals surface area contributed by atoms with Crippen LogP contribution in [0.3, 0.4) is 0 Å². The van der Waals surface area contributed by atoms with Crippen molar-refractivity contribution in [1.29, 1.82) is 0 Å². The van der Waals surface area contributed by atoms with E-state index in [9.17, 15) is 9.90 Å². The highest BCUT2D eigenvalue weighted by atomic mass is 16.4. The van der Waals surface area contributed by atoms with Gasteiger partial charge in [-0.05, 0) is 51.1 Å². The maximum Gasteiger partial charge on any atom is 0.323 e. The summed E-state index contributed by atoms with van der Waals surface area (Å²) in [4.78, 5) is 13.7. The Bertz CT molecular complexity index is 309. The lowest BCUT2D eigenvalue weighted by molar-refractivity contribution is -0.144. The number of hydrogen-bond donors (Lipinski definition) is 3. The largest absolute Gasteiger partial charge is 0.480 e. The van der Waals surface area contributed by atoms with E-state index in [1.807, 2.05) is 0 Å². The van der Waals surface area contributed by atoms with Gasteiger partial charge in [-0.3, -0.25) is 4.79 Å². The van der Waals surface area contributed by atoms with Crippen LogP contribution in [0.2, 0.25) is 6.32 Å². The number of nitrogens with two attached hydrogens (primary N) is 1. The van der Waals surface area contributed by atoms with Crippen molar-refractivity contribution < 1.29 is 15.0 Å². The second-order valence-electron chi connectivity index (χ2n) is 6.25. The molecule has 2 radical (unpaired) electrons. The lowest BCUT2D eigenvalue weighted by Gasteiger charge is -2.34. The van der Waals surface area contributed by atoms with Gasteiger partial charge in [0, 0.05) is 13.2 Å². The average molecular weight is 296 g/mol. The number of unbranched alkanes of at least 4 members (excludes halogenated alkanes) is 1. The van der Waals surface area contributed by atoms with Crippen LogP contribution in [0.25, 0.3) is 0 Å². The van der Waals surface area contributed by atoms with Crippen LogP contribution in [-0.2, 0) is 4.79 Å². The van der Waals surface area contributed by atoms with Gasteiger partial charge in [-0.25, -0.2) is 0 Å². The van der Waals surface area contributed by atoms with Gasteiger partial charge in [-0.2, -0.15) is 0 Å². The van der Waals surface area contributed by atoms with Crippen LogP contribution in [0, 0.1) is 5.92 Å².